The van der Waals surface area contributed by atoms with Crippen molar-refractivity contribution in [3.63, 3.8) is 0 Å². The first kappa shape index (κ1) is 29.2. The van der Waals surface area contributed by atoms with Gasteiger partial charge in [-0.2, -0.15) is 8.42 Å². The molecule has 208 valence electrons. The number of carbonyl (C=O) groups excluding carboxylic acids is 1. The van der Waals surface area contributed by atoms with E-state index in [4.69, 9.17) is 9.15 Å². The van der Waals surface area contributed by atoms with Gasteiger partial charge in [-0.15, -0.1) is 4.40 Å². The number of ether oxygens (including phenoxy) is 1. The lowest BCUT2D eigenvalue weighted by atomic mass is 9.85. The highest BCUT2D eigenvalue weighted by Crippen LogP contribution is 2.38. The Bertz CT molecular complexity index is 1510. The Morgan fingerprint density at radius 1 is 1.21 bits per heavy atom. The van der Waals surface area contributed by atoms with E-state index in [9.17, 15) is 26.7 Å². The summed E-state index contributed by atoms with van der Waals surface area (Å²) >= 11 is 0. The van der Waals surface area contributed by atoms with Gasteiger partial charge in [0.25, 0.3) is 10.0 Å². The second-order valence-electron chi connectivity index (χ2n) is 9.80. The number of phenolic OH excluding ortho intramolecular Hbond substituents is 1. The van der Waals surface area contributed by atoms with Crippen molar-refractivity contribution in [2.45, 2.75) is 45.6 Å². The molecule has 0 amide bonds. The van der Waals surface area contributed by atoms with E-state index in [1.165, 1.54) is 39.2 Å². The van der Waals surface area contributed by atoms with E-state index < -0.39 is 53.0 Å². The monoisotopic (exact) mass is 568 g/mol. The van der Waals surface area contributed by atoms with Crippen LogP contribution in [0.15, 0.2) is 54.6 Å². The topological polar surface area (TPSA) is 168 Å². The SMILES string of the molecule is CCOC(=O)C1=C(N[C@@H](c2ccc(C)o2)C(C)(C)C)C(Nc2cccc(S(=O)(=O)N(C)C)c2O)=NS1(=O)=O. The van der Waals surface area contributed by atoms with Crippen LogP contribution in [-0.4, -0.2) is 58.8 Å². The van der Waals surface area contributed by atoms with Crippen LogP contribution in [0.5, 0.6) is 5.75 Å². The molecule has 0 radical (unpaired) electrons. The highest BCUT2D eigenvalue weighted by Gasteiger charge is 2.42. The van der Waals surface area contributed by atoms with Crippen LogP contribution in [0.4, 0.5) is 5.69 Å². The fraction of sp³-hybridized carbons (Fsp3) is 0.417. The summed E-state index contributed by atoms with van der Waals surface area (Å²) in [6.45, 7) is 8.88. The number of phenols is 1. The molecule has 0 bridgehead atoms. The summed E-state index contributed by atoms with van der Waals surface area (Å²) in [4.78, 5) is 11.7. The Morgan fingerprint density at radius 2 is 1.87 bits per heavy atom. The maximum absolute atomic E-state index is 13.0. The first-order valence-corrected chi connectivity index (χ1v) is 14.5. The number of furan rings is 1. The molecule has 2 aromatic rings. The Morgan fingerprint density at radius 3 is 2.39 bits per heavy atom. The van der Waals surface area contributed by atoms with Crippen LogP contribution in [0.3, 0.4) is 0 Å². The molecule has 0 spiro atoms. The highest BCUT2D eigenvalue weighted by molar-refractivity contribution is 7.95. The lowest BCUT2D eigenvalue weighted by Gasteiger charge is -2.31. The number of nitrogens with one attached hydrogen (secondary N) is 2. The van der Waals surface area contributed by atoms with Crippen molar-refractivity contribution in [2.24, 2.45) is 9.81 Å². The summed E-state index contributed by atoms with van der Waals surface area (Å²) in [6.07, 6.45) is 0. The van der Waals surface area contributed by atoms with Crippen molar-refractivity contribution in [1.82, 2.24) is 9.62 Å². The van der Waals surface area contributed by atoms with E-state index in [0.717, 1.165) is 4.31 Å². The molecular formula is C24H32N4O8S2. The number of hydrogen-bond donors (Lipinski definition) is 3. The number of hydrogen-bond acceptors (Lipinski definition) is 10. The van der Waals surface area contributed by atoms with Crippen LogP contribution in [0.2, 0.25) is 0 Å². The van der Waals surface area contributed by atoms with Crippen molar-refractivity contribution in [3.05, 3.63) is 52.5 Å². The van der Waals surface area contributed by atoms with Gasteiger partial charge in [0, 0.05) is 14.1 Å². The molecule has 0 fully saturated rings. The smallest absolute Gasteiger partial charge is 0.354 e. The Hall–Kier alpha value is -3.36. The average Bonchev–Trinajstić information content (AvgIpc) is 3.31. The zero-order chi connectivity index (χ0) is 28.6. The Balaban J connectivity index is 2.17. The summed E-state index contributed by atoms with van der Waals surface area (Å²) < 4.78 is 66.9. The number of sulfonamides is 2. The van der Waals surface area contributed by atoms with Crippen LogP contribution >= 0.6 is 0 Å². The van der Waals surface area contributed by atoms with Gasteiger partial charge >= 0.3 is 5.97 Å². The highest BCUT2D eigenvalue weighted by atomic mass is 32.2. The molecule has 3 rings (SSSR count). The van der Waals surface area contributed by atoms with E-state index in [2.05, 4.69) is 15.0 Å². The third kappa shape index (κ3) is 5.71. The maximum Gasteiger partial charge on any atom is 0.354 e. The number of esters is 1. The van der Waals surface area contributed by atoms with Crippen molar-refractivity contribution in [3.8, 4) is 5.75 Å². The molecule has 0 aliphatic carbocycles. The molecule has 0 unspecified atom stereocenters. The molecule has 1 aliphatic rings. The number of anilines is 1. The van der Waals surface area contributed by atoms with Gasteiger partial charge in [0.05, 0.1) is 18.3 Å². The zero-order valence-electron chi connectivity index (χ0n) is 22.2. The summed E-state index contributed by atoms with van der Waals surface area (Å²) in [5.74, 6) is -0.992. The Labute approximate surface area is 222 Å². The molecule has 1 aliphatic heterocycles. The number of nitrogens with zero attached hydrogens (tertiary/aromatic N) is 2. The van der Waals surface area contributed by atoms with Gasteiger partial charge in [0.1, 0.15) is 22.1 Å². The van der Waals surface area contributed by atoms with Crippen molar-refractivity contribution >= 4 is 37.5 Å². The van der Waals surface area contributed by atoms with Gasteiger partial charge in [-0.05, 0) is 43.5 Å². The first-order chi connectivity index (χ1) is 17.5. The largest absolute Gasteiger partial charge is 0.504 e. The number of carbonyl (C=O) groups is 1. The summed E-state index contributed by atoms with van der Waals surface area (Å²) in [6, 6.07) is 6.77. The van der Waals surface area contributed by atoms with Crippen LogP contribution in [0, 0.1) is 12.3 Å². The second kappa shape index (κ2) is 10.4. The predicted molar refractivity (Wildman–Crippen MR) is 141 cm³/mol. The summed E-state index contributed by atoms with van der Waals surface area (Å²) in [5.41, 5.74) is -0.902. The minimum atomic E-state index is -4.53. The fourth-order valence-electron chi connectivity index (χ4n) is 3.69. The van der Waals surface area contributed by atoms with Gasteiger partial charge < -0.3 is 24.9 Å². The number of aryl methyl sites for hydroxylation is 1. The molecule has 1 aromatic carbocycles. The average molecular weight is 569 g/mol. The number of para-hydroxylation sites is 1. The lowest BCUT2D eigenvalue weighted by Crippen LogP contribution is -2.36. The summed E-state index contributed by atoms with van der Waals surface area (Å²) in [7, 11) is -5.95. The minimum absolute atomic E-state index is 0.0841. The van der Waals surface area contributed by atoms with E-state index in [1.807, 2.05) is 20.8 Å². The zero-order valence-corrected chi connectivity index (χ0v) is 23.8. The molecule has 0 saturated heterocycles. The van der Waals surface area contributed by atoms with E-state index >= 15 is 0 Å². The number of rotatable bonds is 8. The molecular weight excluding hydrogens is 536 g/mol. The molecule has 12 nitrogen and oxygen atoms in total. The third-order valence-corrected chi connectivity index (χ3v) is 8.76. The number of benzene rings is 1. The van der Waals surface area contributed by atoms with E-state index in [-0.39, 0.29) is 23.8 Å². The number of aromatic hydroxyl groups is 1. The van der Waals surface area contributed by atoms with Crippen LogP contribution < -0.4 is 10.6 Å². The molecule has 3 N–H and O–H groups in total. The third-order valence-electron chi connectivity index (χ3n) is 5.61. The van der Waals surface area contributed by atoms with E-state index in [0.29, 0.717) is 11.5 Å². The van der Waals surface area contributed by atoms with Gasteiger partial charge in [-0.1, -0.05) is 26.8 Å². The maximum atomic E-state index is 13.0. The van der Waals surface area contributed by atoms with Crippen LogP contribution in [0.25, 0.3) is 0 Å². The molecule has 1 aromatic heterocycles. The normalized spacial score (nSPS) is 16.4. The minimum Gasteiger partial charge on any atom is -0.504 e. The van der Waals surface area contributed by atoms with Gasteiger partial charge in [-0.25, -0.2) is 17.5 Å². The fourth-order valence-corrected chi connectivity index (χ4v) is 5.84. The van der Waals surface area contributed by atoms with Crippen molar-refractivity contribution in [2.75, 3.05) is 26.0 Å². The quantitative estimate of drug-likeness (QED) is 0.318. The van der Waals surface area contributed by atoms with Crippen LogP contribution in [0.1, 0.15) is 45.3 Å². The van der Waals surface area contributed by atoms with Gasteiger partial charge in [0.15, 0.2) is 11.6 Å². The van der Waals surface area contributed by atoms with Crippen LogP contribution in [-0.2, 0) is 29.6 Å². The molecule has 1 atom stereocenters. The molecule has 2 heterocycles. The first-order valence-electron chi connectivity index (χ1n) is 11.6. The Kier molecular flexibility index (Phi) is 8.01. The van der Waals surface area contributed by atoms with E-state index in [1.54, 1.807) is 19.1 Å². The number of amidine groups is 1. The van der Waals surface area contributed by atoms with Gasteiger partial charge in [0.2, 0.25) is 14.9 Å². The van der Waals surface area contributed by atoms with Crippen molar-refractivity contribution in [1.29, 1.82) is 0 Å². The molecule has 14 heteroatoms. The lowest BCUT2D eigenvalue weighted by molar-refractivity contribution is -0.137. The van der Waals surface area contributed by atoms with Crippen molar-refractivity contribution < 1.29 is 35.9 Å². The molecule has 38 heavy (non-hydrogen) atoms. The predicted octanol–water partition coefficient (Wildman–Crippen LogP) is 2.85. The summed E-state index contributed by atoms with van der Waals surface area (Å²) in [5, 5.41) is 16.6. The second-order valence-corrected chi connectivity index (χ2v) is 13.5. The molecule has 0 saturated carbocycles. The standard InChI is InChI=1S/C24H32N4O8S2/c1-8-35-23(30)20-18(26-21(24(3,4)5)16-13-12-14(2)36-16)22(27-37(20,31)32)25-15-10-9-11-17(19(15)29)38(33,34)28(6)7/h9-13,21,26,29H,8H2,1-7H3,(H,25,27)/t21-/m0/s1. The van der Waals surface area contributed by atoms with Gasteiger partial charge in [-0.3, -0.25) is 0 Å².